The van der Waals surface area contributed by atoms with E-state index in [1.54, 1.807) is 23.9 Å². The van der Waals surface area contributed by atoms with E-state index in [-0.39, 0.29) is 5.69 Å². The van der Waals surface area contributed by atoms with E-state index in [9.17, 15) is 4.39 Å². The van der Waals surface area contributed by atoms with Gasteiger partial charge in [-0.2, -0.15) is 0 Å². The third kappa shape index (κ3) is 4.10. The summed E-state index contributed by atoms with van der Waals surface area (Å²) in [6.45, 7) is 0. The molecule has 0 aromatic heterocycles. The van der Waals surface area contributed by atoms with Gasteiger partial charge in [-0.05, 0) is 54.9 Å². The Labute approximate surface area is 131 Å². The van der Waals surface area contributed by atoms with Crippen LogP contribution >= 0.6 is 35.6 Å². The van der Waals surface area contributed by atoms with Gasteiger partial charge >= 0.3 is 0 Å². The minimum absolute atomic E-state index is 0.285. The summed E-state index contributed by atoms with van der Waals surface area (Å²) in [5.41, 5.74) is 1.14. The Morgan fingerprint density at radius 2 is 2.00 bits per heavy atom. The van der Waals surface area contributed by atoms with Gasteiger partial charge < -0.3 is 10.6 Å². The zero-order valence-electron chi connectivity index (χ0n) is 10.6. The van der Waals surface area contributed by atoms with Gasteiger partial charge in [-0.15, -0.1) is 11.8 Å². The van der Waals surface area contributed by atoms with E-state index < -0.39 is 5.82 Å². The predicted molar refractivity (Wildman–Crippen MR) is 89.5 cm³/mol. The summed E-state index contributed by atoms with van der Waals surface area (Å²) >= 11 is 12.5. The average Bonchev–Trinajstić information content (AvgIpc) is 2.42. The van der Waals surface area contributed by atoms with Crippen LogP contribution in [0.25, 0.3) is 0 Å². The molecule has 2 aromatic rings. The molecule has 0 heterocycles. The number of hydrogen-bond acceptors (Lipinski definition) is 2. The molecule has 6 heteroatoms. The number of hydrogen-bond donors (Lipinski definition) is 2. The number of nitrogens with one attached hydrogen (secondary N) is 2. The Hall–Kier alpha value is -1.30. The van der Waals surface area contributed by atoms with Crippen molar-refractivity contribution < 1.29 is 4.39 Å². The van der Waals surface area contributed by atoms with E-state index in [1.807, 2.05) is 30.5 Å². The zero-order chi connectivity index (χ0) is 14.5. The first-order chi connectivity index (χ1) is 9.58. The molecule has 0 saturated heterocycles. The third-order valence-electron chi connectivity index (χ3n) is 2.51. The predicted octanol–water partition coefficient (Wildman–Crippen LogP) is 5.01. The first-order valence-corrected chi connectivity index (χ1v) is 7.76. The Morgan fingerprint density at radius 3 is 2.70 bits per heavy atom. The highest BCUT2D eigenvalue weighted by atomic mass is 35.5. The van der Waals surface area contributed by atoms with Crippen molar-refractivity contribution in [3.63, 3.8) is 0 Å². The van der Waals surface area contributed by atoms with Crippen molar-refractivity contribution in [2.24, 2.45) is 0 Å². The third-order valence-corrected chi connectivity index (χ3v) is 3.67. The van der Waals surface area contributed by atoms with Crippen molar-refractivity contribution in [2.75, 3.05) is 16.9 Å². The standard InChI is InChI=1S/C14H12ClFN2S2/c1-20-11-4-2-3-10(8-11)17-14(19)18-13-6-5-9(15)7-12(13)16/h2-8H,1H3,(H2,17,18,19). The van der Waals surface area contributed by atoms with Crippen LogP contribution in [0.2, 0.25) is 5.02 Å². The van der Waals surface area contributed by atoms with Gasteiger partial charge in [-0.25, -0.2) is 4.39 Å². The molecule has 2 aromatic carbocycles. The van der Waals surface area contributed by atoms with Crippen LogP contribution in [0.3, 0.4) is 0 Å². The molecule has 0 bridgehead atoms. The fraction of sp³-hybridized carbons (Fsp3) is 0.0714. The van der Waals surface area contributed by atoms with Crippen molar-refractivity contribution >= 4 is 52.1 Å². The van der Waals surface area contributed by atoms with Crippen LogP contribution < -0.4 is 10.6 Å². The quantitative estimate of drug-likeness (QED) is 0.611. The molecule has 0 aliphatic rings. The van der Waals surface area contributed by atoms with Crippen LogP contribution in [0.1, 0.15) is 0 Å². The van der Waals surface area contributed by atoms with Gasteiger partial charge in [0.1, 0.15) is 5.82 Å². The number of anilines is 2. The van der Waals surface area contributed by atoms with Crippen LogP contribution in [0.4, 0.5) is 15.8 Å². The normalized spacial score (nSPS) is 10.2. The molecule has 0 aliphatic carbocycles. The van der Waals surface area contributed by atoms with E-state index in [4.69, 9.17) is 23.8 Å². The van der Waals surface area contributed by atoms with Crippen LogP contribution in [0.15, 0.2) is 47.4 Å². The molecule has 0 amide bonds. The maximum atomic E-state index is 13.6. The maximum absolute atomic E-state index is 13.6. The summed E-state index contributed by atoms with van der Waals surface area (Å²) in [4.78, 5) is 1.12. The topological polar surface area (TPSA) is 24.1 Å². The molecule has 20 heavy (non-hydrogen) atoms. The van der Waals surface area contributed by atoms with Crippen molar-refractivity contribution in [1.29, 1.82) is 0 Å². The summed E-state index contributed by atoms with van der Waals surface area (Å²) < 4.78 is 13.6. The van der Waals surface area contributed by atoms with E-state index in [0.717, 1.165) is 10.6 Å². The van der Waals surface area contributed by atoms with Gasteiger partial charge in [0.05, 0.1) is 5.69 Å². The van der Waals surface area contributed by atoms with Gasteiger partial charge in [0.2, 0.25) is 0 Å². The van der Waals surface area contributed by atoms with Crippen molar-refractivity contribution in [2.45, 2.75) is 4.90 Å². The van der Waals surface area contributed by atoms with Gasteiger partial charge in [-0.3, -0.25) is 0 Å². The highest BCUT2D eigenvalue weighted by molar-refractivity contribution is 7.98. The molecule has 0 unspecified atom stereocenters. The Bertz CT molecular complexity index is 634. The maximum Gasteiger partial charge on any atom is 0.175 e. The highest BCUT2D eigenvalue weighted by Gasteiger charge is 2.05. The zero-order valence-corrected chi connectivity index (χ0v) is 13.0. The second kappa shape index (κ2) is 6.92. The summed E-state index contributed by atoms with van der Waals surface area (Å²) in [6, 6.07) is 12.2. The number of rotatable bonds is 3. The first-order valence-electron chi connectivity index (χ1n) is 5.75. The minimum Gasteiger partial charge on any atom is -0.332 e. The minimum atomic E-state index is -0.445. The lowest BCUT2D eigenvalue weighted by molar-refractivity contribution is 0.632. The monoisotopic (exact) mass is 326 g/mol. The molecular formula is C14H12ClFN2S2. The van der Waals surface area contributed by atoms with Gasteiger partial charge in [0.25, 0.3) is 0 Å². The van der Waals surface area contributed by atoms with E-state index in [0.29, 0.717) is 10.1 Å². The van der Waals surface area contributed by atoms with Crippen LogP contribution in [0.5, 0.6) is 0 Å². The van der Waals surface area contributed by atoms with Gasteiger partial charge in [-0.1, -0.05) is 17.7 Å². The summed E-state index contributed by atoms with van der Waals surface area (Å²) in [6.07, 6.45) is 2.00. The van der Waals surface area contributed by atoms with E-state index in [1.165, 1.54) is 6.07 Å². The van der Waals surface area contributed by atoms with Crippen molar-refractivity contribution in [1.82, 2.24) is 0 Å². The fourth-order valence-corrected chi connectivity index (χ4v) is 2.42. The van der Waals surface area contributed by atoms with Crippen LogP contribution in [-0.4, -0.2) is 11.4 Å². The van der Waals surface area contributed by atoms with Gasteiger partial charge in [0, 0.05) is 15.6 Å². The molecule has 2 N–H and O–H groups in total. The molecule has 2 rings (SSSR count). The highest BCUT2D eigenvalue weighted by Crippen LogP contribution is 2.21. The molecule has 0 atom stereocenters. The largest absolute Gasteiger partial charge is 0.332 e. The molecule has 0 fully saturated rings. The van der Waals surface area contributed by atoms with Crippen molar-refractivity contribution in [3.8, 4) is 0 Å². The Balaban J connectivity index is 2.05. The lowest BCUT2D eigenvalue weighted by Gasteiger charge is -2.12. The second-order valence-electron chi connectivity index (χ2n) is 3.94. The van der Waals surface area contributed by atoms with Crippen molar-refractivity contribution in [3.05, 3.63) is 53.3 Å². The van der Waals surface area contributed by atoms with Crippen LogP contribution in [-0.2, 0) is 0 Å². The molecule has 0 aliphatic heterocycles. The van der Waals surface area contributed by atoms with Gasteiger partial charge in [0.15, 0.2) is 5.11 Å². The number of thioether (sulfide) groups is 1. The average molecular weight is 327 g/mol. The molecule has 0 spiro atoms. The number of thiocarbonyl (C=S) groups is 1. The Morgan fingerprint density at radius 1 is 1.20 bits per heavy atom. The summed E-state index contributed by atoms with van der Waals surface area (Å²) in [5.74, 6) is -0.445. The van der Waals surface area contributed by atoms with Crippen LogP contribution in [0, 0.1) is 5.82 Å². The molecule has 2 nitrogen and oxygen atoms in total. The summed E-state index contributed by atoms with van der Waals surface area (Å²) in [7, 11) is 0. The Kier molecular flexibility index (Phi) is 5.23. The molecule has 0 saturated carbocycles. The lowest BCUT2D eigenvalue weighted by Crippen LogP contribution is -2.19. The lowest BCUT2D eigenvalue weighted by atomic mass is 10.3. The molecule has 104 valence electrons. The van der Waals surface area contributed by atoms with E-state index in [2.05, 4.69) is 10.6 Å². The second-order valence-corrected chi connectivity index (χ2v) is 5.66. The van der Waals surface area contributed by atoms with E-state index >= 15 is 0 Å². The first kappa shape index (κ1) is 15.1. The molecule has 0 radical (unpaired) electrons. The molecular weight excluding hydrogens is 315 g/mol. The number of benzene rings is 2. The fourth-order valence-electron chi connectivity index (χ4n) is 1.58. The summed E-state index contributed by atoms with van der Waals surface area (Å²) in [5, 5.41) is 6.49. The number of halogens is 2. The SMILES string of the molecule is CSc1cccc(NC(=S)Nc2ccc(Cl)cc2F)c1. The smallest absolute Gasteiger partial charge is 0.175 e.